The van der Waals surface area contributed by atoms with Gasteiger partial charge in [0.25, 0.3) is 0 Å². The van der Waals surface area contributed by atoms with Crippen molar-refractivity contribution in [2.75, 3.05) is 19.1 Å². The average molecular weight is 332 g/mol. The molecule has 0 bridgehead atoms. The third-order valence-electron chi connectivity index (χ3n) is 4.80. The van der Waals surface area contributed by atoms with Gasteiger partial charge in [0.15, 0.2) is 12.1 Å². The molecule has 2 atom stereocenters. The minimum Gasteiger partial charge on any atom is -0.465 e. The highest BCUT2D eigenvalue weighted by Gasteiger charge is 2.65. The quantitative estimate of drug-likeness (QED) is 0.831. The normalized spacial score (nSPS) is 24.5. The van der Waals surface area contributed by atoms with E-state index >= 15 is 0 Å². The maximum atomic E-state index is 12.5. The van der Waals surface area contributed by atoms with E-state index in [0.29, 0.717) is 5.69 Å². The molecule has 7 heteroatoms. The summed E-state index contributed by atoms with van der Waals surface area (Å²) in [5, 5.41) is 0. The molecule has 2 heterocycles. The van der Waals surface area contributed by atoms with Gasteiger partial charge in [-0.15, -0.1) is 0 Å². The van der Waals surface area contributed by atoms with Crippen molar-refractivity contribution < 1.29 is 23.8 Å². The van der Waals surface area contributed by atoms with Crippen LogP contribution in [0.15, 0.2) is 35.7 Å². The Kier molecular flexibility index (Phi) is 3.66. The van der Waals surface area contributed by atoms with Gasteiger partial charge < -0.3 is 19.9 Å². The summed E-state index contributed by atoms with van der Waals surface area (Å²) in [6.45, 7) is 3.91. The number of hydrogen-bond donors (Lipinski definition) is 1. The molecule has 1 amide bonds. The Bertz CT molecular complexity index is 742. The van der Waals surface area contributed by atoms with E-state index in [0.717, 1.165) is 5.56 Å². The van der Waals surface area contributed by atoms with Crippen LogP contribution in [0, 0.1) is 5.92 Å². The maximum Gasteiger partial charge on any atom is 0.417 e. The van der Waals surface area contributed by atoms with Crippen LogP contribution in [0.25, 0.3) is 0 Å². The van der Waals surface area contributed by atoms with Crippen molar-refractivity contribution in [1.29, 1.82) is 0 Å². The van der Waals surface area contributed by atoms with Crippen LogP contribution in [-0.4, -0.2) is 32.5 Å². The molecule has 0 saturated carbocycles. The number of carbonyl (C=O) groups is 2. The Morgan fingerprint density at radius 1 is 1.25 bits per heavy atom. The predicted molar refractivity (Wildman–Crippen MR) is 85.9 cm³/mol. The van der Waals surface area contributed by atoms with E-state index in [-0.39, 0.29) is 17.4 Å². The Balaban J connectivity index is 2.32. The minimum atomic E-state index is -0.915. The fourth-order valence-corrected chi connectivity index (χ4v) is 3.83. The van der Waals surface area contributed by atoms with Gasteiger partial charge in [-0.1, -0.05) is 32.0 Å². The van der Waals surface area contributed by atoms with Gasteiger partial charge in [0.2, 0.25) is 0 Å². The number of rotatable bonds is 2. The van der Waals surface area contributed by atoms with Gasteiger partial charge in [-0.25, -0.2) is 14.5 Å². The van der Waals surface area contributed by atoms with E-state index in [4.69, 9.17) is 19.9 Å². The largest absolute Gasteiger partial charge is 0.465 e. The summed E-state index contributed by atoms with van der Waals surface area (Å²) >= 11 is 0. The molecule has 0 aromatic heterocycles. The fraction of sp³-hybridized carbons (Fsp3) is 0.412. The molecule has 1 aromatic carbocycles. The molecule has 2 aliphatic heterocycles. The van der Waals surface area contributed by atoms with Crippen molar-refractivity contribution in [2.45, 2.75) is 25.5 Å². The highest BCUT2D eigenvalue weighted by atomic mass is 16.6. The molecule has 0 radical (unpaired) electrons. The number of methoxy groups -OCH3 is 2. The number of para-hydroxylation sites is 1. The monoisotopic (exact) mass is 332 g/mol. The van der Waals surface area contributed by atoms with E-state index in [9.17, 15) is 9.59 Å². The van der Waals surface area contributed by atoms with Crippen LogP contribution in [0.3, 0.4) is 0 Å². The molecule has 0 unspecified atom stereocenters. The first-order chi connectivity index (χ1) is 11.4. The van der Waals surface area contributed by atoms with Gasteiger partial charge in [0, 0.05) is 0 Å². The van der Waals surface area contributed by atoms with E-state index in [1.54, 1.807) is 6.07 Å². The second kappa shape index (κ2) is 5.43. The van der Waals surface area contributed by atoms with Crippen LogP contribution in [-0.2, 0) is 24.4 Å². The molecule has 0 saturated heterocycles. The first kappa shape index (κ1) is 16.2. The van der Waals surface area contributed by atoms with Crippen molar-refractivity contribution in [1.82, 2.24) is 0 Å². The lowest BCUT2D eigenvalue weighted by Gasteiger charge is -2.35. The first-order valence-corrected chi connectivity index (χ1v) is 7.63. The third kappa shape index (κ3) is 1.78. The van der Waals surface area contributed by atoms with Crippen molar-refractivity contribution in [2.24, 2.45) is 11.7 Å². The second-order valence-corrected chi connectivity index (χ2v) is 6.08. The standard InChI is InChI=1S/C17H20N2O5/c1-9(2)17-10-7-5-6-8-11(10)19(16(21)23-4)15(17)24-13(18)12(17)14(20)22-3/h5-9,15H,18H2,1-4H3/t15-,17+/m0/s1. The summed E-state index contributed by atoms with van der Waals surface area (Å²) in [5.41, 5.74) is 6.76. The SMILES string of the molecule is COC(=O)C1=C(N)O[C@@H]2N(C(=O)OC)c3ccccc3[C@]12C(C)C. The zero-order chi connectivity index (χ0) is 17.6. The summed E-state index contributed by atoms with van der Waals surface area (Å²) in [6, 6.07) is 7.33. The molecule has 0 aliphatic carbocycles. The van der Waals surface area contributed by atoms with Crippen molar-refractivity contribution in [3.63, 3.8) is 0 Å². The number of nitrogens with two attached hydrogens (primary N) is 1. The first-order valence-electron chi connectivity index (χ1n) is 7.63. The summed E-state index contributed by atoms with van der Waals surface area (Å²) in [5.74, 6) is -0.678. The molecule has 3 rings (SSSR count). The highest BCUT2D eigenvalue weighted by Crippen LogP contribution is 2.58. The smallest absolute Gasteiger partial charge is 0.417 e. The lowest BCUT2D eigenvalue weighted by Crippen LogP contribution is -2.50. The number of carbonyl (C=O) groups excluding carboxylic acids is 2. The Morgan fingerprint density at radius 2 is 1.92 bits per heavy atom. The maximum absolute atomic E-state index is 12.5. The van der Waals surface area contributed by atoms with E-state index in [1.807, 2.05) is 32.0 Å². The number of benzene rings is 1. The Morgan fingerprint density at radius 3 is 2.50 bits per heavy atom. The number of nitrogens with zero attached hydrogens (tertiary/aromatic N) is 1. The van der Waals surface area contributed by atoms with Crippen LogP contribution >= 0.6 is 0 Å². The number of esters is 1. The third-order valence-corrected chi connectivity index (χ3v) is 4.80. The molecule has 128 valence electrons. The molecule has 24 heavy (non-hydrogen) atoms. The van der Waals surface area contributed by atoms with E-state index in [1.165, 1.54) is 19.1 Å². The molecular formula is C17H20N2O5. The van der Waals surface area contributed by atoms with Crippen molar-refractivity contribution in [3.05, 3.63) is 41.3 Å². The van der Waals surface area contributed by atoms with E-state index < -0.39 is 23.7 Å². The average Bonchev–Trinajstić information content (AvgIpc) is 3.02. The Labute approximate surface area is 140 Å². The van der Waals surface area contributed by atoms with Gasteiger partial charge in [0.05, 0.1) is 25.3 Å². The number of ether oxygens (including phenoxy) is 3. The summed E-state index contributed by atoms with van der Waals surface area (Å²) in [4.78, 5) is 26.2. The lowest BCUT2D eigenvalue weighted by atomic mass is 9.67. The molecule has 7 nitrogen and oxygen atoms in total. The second-order valence-electron chi connectivity index (χ2n) is 6.08. The van der Waals surface area contributed by atoms with Crippen molar-refractivity contribution >= 4 is 17.7 Å². The van der Waals surface area contributed by atoms with Gasteiger partial charge in [-0.05, 0) is 17.5 Å². The van der Waals surface area contributed by atoms with Gasteiger partial charge in [0.1, 0.15) is 5.57 Å². The summed E-state index contributed by atoms with van der Waals surface area (Å²) < 4.78 is 15.6. The van der Waals surface area contributed by atoms with Crippen molar-refractivity contribution in [3.8, 4) is 0 Å². The highest BCUT2D eigenvalue weighted by molar-refractivity contribution is 5.99. The van der Waals surface area contributed by atoms with Gasteiger partial charge in [-0.3, -0.25) is 0 Å². The molecular weight excluding hydrogens is 312 g/mol. The molecule has 2 aliphatic rings. The van der Waals surface area contributed by atoms with Crippen LogP contribution in [0.4, 0.5) is 10.5 Å². The van der Waals surface area contributed by atoms with Crippen LogP contribution in [0.2, 0.25) is 0 Å². The van der Waals surface area contributed by atoms with Crippen LogP contribution in [0.5, 0.6) is 0 Å². The number of fused-ring (bicyclic) bond motifs is 3. The molecule has 1 aromatic rings. The molecule has 0 fully saturated rings. The van der Waals surface area contributed by atoms with Crippen LogP contribution in [0.1, 0.15) is 19.4 Å². The summed E-state index contributed by atoms with van der Waals surface area (Å²) in [7, 11) is 2.59. The van der Waals surface area contributed by atoms with Gasteiger partial charge >= 0.3 is 12.1 Å². The van der Waals surface area contributed by atoms with Gasteiger partial charge in [-0.2, -0.15) is 0 Å². The topological polar surface area (TPSA) is 91.1 Å². The number of amides is 1. The van der Waals surface area contributed by atoms with Crippen LogP contribution < -0.4 is 10.6 Å². The minimum absolute atomic E-state index is 0.0241. The molecule has 2 N–H and O–H groups in total. The summed E-state index contributed by atoms with van der Waals surface area (Å²) in [6.07, 6.45) is -1.37. The Hall–Kier alpha value is -2.70. The zero-order valence-corrected chi connectivity index (χ0v) is 14.0. The predicted octanol–water partition coefficient (Wildman–Crippen LogP) is 1.87. The number of anilines is 1. The molecule has 0 spiro atoms. The zero-order valence-electron chi connectivity index (χ0n) is 14.0. The van der Waals surface area contributed by atoms with E-state index in [2.05, 4.69) is 0 Å². The lowest BCUT2D eigenvalue weighted by molar-refractivity contribution is -0.137. The number of hydrogen-bond acceptors (Lipinski definition) is 6. The fourth-order valence-electron chi connectivity index (χ4n) is 3.83.